The third-order valence-electron chi connectivity index (χ3n) is 3.73. The molecule has 6 heteroatoms. The Balaban J connectivity index is 1.75. The van der Waals surface area contributed by atoms with Crippen molar-refractivity contribution >= 4 is 6.09 Å². The molecule has 1 amide bonds. The van der Waals surface area contributed by atoms with Gasteiger partial charge < -0.3 is 15.4 Å². The van der Waals surface area contributed by atoms with E-state index in [4.69, 9.17) is 4.74 Å². The van der Waals surface area contributed by atoms with E-state index < -0.39 is 23.3 Å². The maximum atomic E-state index is 13.2. The molecule has 0 bridgehead atoms. The van der Waals surface area contributed by atoms with Crippen LogP contribution in [0.1, 0.15) is 45.6 Å². The van der Waals surface area contributed by atoms with Crippen LogP contribution in [-0.4, -0.2) is 23.8 Å². The fourth-order valence-electron chi connectivity index (χ4n) is 2.68. The average Bonchev–Trinajstić information content (AvgIpc) is 2.85. The highest BCUT2D eigenvalue weighted by Crippen LogP contribution is 2.20. The van der Waals surface area contributed by atoms with Crippen molar-refractivity contribution in [3.63, 3.8) is 0 Å². The van der Waals surface area contributed by atoms with E-state index in [-0.39, 0.29) is 12.1 Å². The summed E-state index contributed by atoms with van der Waals surface area (Å²) in [7, 11) is 0. The van der Waals surface area contributed by atoms with Crippen molar-refractivity contribution < 1.29 is 18.3 Å². The first-order valence-electron chi connectivity index (χ1n) is 7.90. The first-order chi connectivity index (χ1) is 10.7. The highest BCUT2D eigenvalue weighted by atomic mass is 19.2. The number of hydrogen-bond acceptors (Lipinski definition) is 3. The van der Waals surface area contributed by atoms with Crippen molar-refractivity contribution in [1.82, 2.24) is 10.6 Å². The van der Waals surface area contributed by atoms with Crippen LogP contribution in [-0.2, 0) is 11.3 Å². The molecule has 4 nitrogen and oxygen atoms in total. The second kappa shape index (κ2) is 7.25. The first kappa shape index (κ1) is 17.7. The minimum Gasteiger partial charge on any atom is -0.444 e. The number of benzene rings is 1. The average molecular weight is 326 g/mol. The Bertz CT molecular complexity index is 558. The quantitative estimate of drug-likeness (QED) is 0.890. The fourth-order valence-corrected chi connectivity index (χ4v) is 2.68. The van der Waals surface area contributed by atoms with E-state index >= 15 is 0 Å². The van der Waals surface area contributed by atoms with E-state index in [0.717, 1.165) is 25.3 Å². The van der Waals surface area contributed by atoms with Crippen molar-refractivity contribution in [2.75, 3.05) is 0 Å². The molecule has 0 heterocycles. The Labute approximate surface area is 135 Å². The van der Waals surface area contributed by atoms with E-state index in [1.54, 1.807) is 6.07 Å². The number of amides is 1. The van der Waals surface area contributed by atoms with Gasteiger partial charge in [0.2, 0.25) is 0 Å². The lowest BCUT2D eigenvalue weighted by Gasteiger charge is -2.21. The molecule has 0 spiro atoms. The van der Waals surface area contributed by atoms with Gasteiger partial charge in [-0.15, -0.1) is 0 Å². The molecule has 128 valence electrons. The molecule has 0 saturated heterocycles. The van der Waals surface area contributed by atoms with Gasteiger partial charge in [0.25, 0.3) is 0 Å². The summed E-state index contributed by atoms with van der Waals surface area (Å²) in [6.45, 7) is 5.95. The molecule has 1 aliphatic rings. The van der Waals surface area contributed by atoms with Crippen molar-refractivity contribution in [3.05, 3.63) is 35.4 Å². The molecular weight excluding hydrogens is 302 g/mol. The second-order valence-electron chi connectivity index (χ2n) is 6.98. The van der Waals surface area contributed by atoms with Crippen LogP contribution in [0, 0.1) is 11.6 Å². The Morgan fingerprint density at radius 2 is 1.91 bits per heavy atom. The van der Waals surface area contributed by atoms with Crippen molar-refractivity contribution in [2.45, 2.75) is 64.3 Å². The molecule has 2 unspecified atom stereocenters. The number of alkyl carbamates (subject to hydrolysis) is 1. The second-order valence-corrected chi connectivity index (χ2v) is 6.98. The lowest BCUT2D eigenvalue weighted by molar-refractivity contribution is 0.0505. The van der Waals surface area contributed by atoms with Gasteiger partial charge in [0.05, 0.1) is 0 Å². The monoisotopic (exact) mass is 326 g/mol. The summed E-state index contributed by atoms with van der Waals surface area (Å²) in [5.74, 6) is -1.67. The Hall–Kier alpha value is -1.69. The molecule has 1 fully saturated rings. The van der Waals surface area contributed by atoms with E-state index in [0.29, 0.717) is 12.1 Å². The number of ether oxygens (including phenoxy) is 1. The topological polar surface area (TPSA) is 50.4 Å². The van der Waals surface area contributed by atoms with E-state index in [1.807, 2.05) is 20.8 Å². The summed E-state index contributed by atoms with van der Waals surface area (Å²) >= 11 is 0. The lowest BCUT2D eigenvalue weighted by atomic mass is 10.2. The number of halogens is 2. The van der Waals surface area contributed by atoms with Gasteiger partial charge >= 0.3 is 6.09 Å². The van der Waals surface area contributed by atoms with Crippen LogP contribution in [0.5, 0.6) is 0 Å². The van der Waals surface area contributed by atoms with Gasteiger partial charge in [0, 0.05) is 18.6 Å². The standard InChI is InChI=1S/C17H24F2N2O2/c1-17(2,3)23-16(22)21-13-6-5-12(9-13)20-10-11-4-7-14(18)15(19)8-11/h4,7-8,12-13,20H,5-6,9-10H2,1-3H3,(H,21,22). The maximum absolute atomic E-state index is 13.2. The third-order valence-corrected chi connectivity index (χ3v) is 3.73. The molecule has 1 aromatic carbocycles. The van der Waals surface area contributed by atoms with Gasteiger partial charge in [-0.3, -0.25) is 0 Å². The van der Waals surface area contributed by atoms with E-state index in [2.05, 4.69) is 10.6 Å². The van der Waals surface area contributed by atoms with Gasteiger partial charge in [-0.2, -0.15) is 0 Å². The normalized spacial score (nSPS) is 21.3. The van der Waals surface area contributed by atoms with E-state index in [1.165, 1.54) is 6.07 Å². The lowest BCUT2D eigenvalue weighted by Crippen LogP contribution is -2.38. The highest BCUT2D eigenvalue weighted by Gasteiger charge is 2.27. The summed E-state index contributed by atoms with van der Waals surface area (Å²) in [5, 5.41) is 6.18. The van der Waals surface area contributed by atoms with Crippen LogP contribution < -0.4 is 10.6 Å². The summed E-state index contributed by atoms with van der Waals surface area (Å²) < 4.78 is 31.3. The first-order valence-corrected chi connectivity index (χ1v) is 7.90. The predicted molar refractivity (Wildman–Crippen MR) is 84.0 cm³/mol. The Morgan fingerprint density at radius 1 is 1.22 bits per heavy atom. The number of carbonyl (C=O) groups is 1. The van der Waals surface area contributed by atoms with E-state index in [9.17, 15) is 13.6 Å². The molecule has 1 aromatic rings. The maximum Gasteiger partial charge on any atom is 0.407 e. The smallest absolute Gasteiger partial charge is 0.407 e. The molecule has 2 N–H and O–H groups in total. The number of rotatable bonds is 4. The number of carbonyl (C=O) groups excluding carboxylic acids is 1. The van der Waals surface area contributed by atoms with Crippen LogP contribution >= 0.6 is 0 Å². The highest BCUT2D eigenvalue weighted by molar-refractivity contribution is 5.68. The number of hydrogen-bond donors (Lipinski definition) is 2. The molecular formula is C17H24F2N2O2. The summed E-state index contributed by atoms with van der Waals surface area (Å²) in [6, 6.07) is 4.22. The minimum absolute atomic E-state index is 0.0762. The largest absolute Gasteiger partial charge is 0.444 e. The van der Waals surface area contributed by atoms with Crippen LogP contribution in [0.2, 0.25) is 0 Å². The predicted octanol–water partition coefficient (Wildman–Crippen LogP) is 3.50. The van der Waals surface area contributed by atoms with Gasteiger partial charge in [0.1, 0.15) is 5.60 Å². The molecule has 0 aromatic heterocycles. The zero-order valence-corrected chi connectivity index (χ0v) is 13.8. The van der Waals surface area contributed by atoms with Gasteiger partial charge in [0.15, 0.2) is 11.6 Å². The molecule has 1 saturated carbocycles. The zero-order chi connectivity index (χ0) is 17.0. The van der Waals surface area contributed by atoms with Gasteiger partial charge in [-0.25, -0.2) is 13.6 Å². The van der Waals surface area contributed by atoms with Crippen molar-refractivity contribution in [2.24, 2.45) is 0 Å². The fraction of sp³-hybridized carbons (Fsp3) is 0.588. The minimum atomic E-state index is -0.837. The Kier molecular flexibility index (Phi) is 5.57. The SMILES string of the molecule is CC(C)(C)OC(=O)NC1CCC(NCc2ccc(F)c(F)c2)C1. The van der Waals surface area contributed by atoms with Crippen LogP contribution in [0.3, 0.4) is 0 Å². The van der Waals surface area contributed by atoms with Crippen molar-refractivity contribution in [1.29, 1.82) is 0 Å². The molecule has 23 heavy (non-hydrogen) atoms. The van der Waals surface area contributed by atoms with Crippen LogP contribution in [0.25, 0.3) is 0 Å². The Morgan fingerprint density at radius 3 is 2.57 bits per heavy atom. The molecule has 2 rings (SSSR count). The van der Waals surface area contributed by atoms with Gasteiger partial charge in [-0.1, -0.05) is 6.07 Å². The zero-order valence-electron chi connectivity index (χ0n) is 13.8. The van der Waals surface area contributed by atoms with Crippen molar-refractivity contribution in [3.8, 4) is 0 Å². The molecule has 1 aliphatic carbocycles. The van der Waals surface area contributed by atoms with Crippen LogP contribution in [0.15, 0.2) is 18.2 Å². The van der Waals surface area contributed by atoms with Crippen LogP contribution in [0.4, 0.5) is 13.6 Å². The summed E-state index contributed by atoms with van der Waals surface area (Å²) in [5.41, 5.74) is 0.194. The summed E-state index contributed by atoms with van der Waals surface area (Å²) in [4.78, 5) is 11.7. The summed E-state index contributed by atoms with van der Waals surface area (Å²) in [6.07, 6.45) is 2.19. The molecule has 2 atom stereocenters. The number of nitrogens with one attached hydrogen (secondary N) is 2. The third kappa shape index (κ3) is 5.78. The van der Waals surface area contributed by atoms with Gasteiger partial charge in [-0.05, 0) is 57.7 Å². The molecule has 0 aliphatic heterocycles. The molecule has 0 radical (unpaired) electrons.